The Hall–Kier alpha value is -2.49. The van der Waals surface area contributed by atoms with Crippen LogP contribution in [-0.4, -0.2) is 22.0 Å². The minimum atomic E-state index is -0.136. The van der Waals surface area contributed by atoms with Crippen LogP contribution in [0.2, 0.25) is 0 Å². The lowest BCUT2D eigenvalue weighted by Gasteiger charge is -2.20. The van der Waals surface area contributed by atoms with Crippen molar-refractivity contribution < 1.29 is 4.79 Å². The van der Waals surface area contributed by atoms with E-state index in [0.717, 1.165) is 18.4 Å². The van der Waals surface area contributed by atoms with Gasteiger partial charge in [0.15, 0.2) is 0 Å². The van der Waals surface area contributed by atoms with Gasteiger partial charge < -0.3 is 14.9 Å². The van der Waals surface area contributed by atoms with Gasteiger partial charge in [-0.15, -0.1) is 0 Å². The number of aromatic nitrogens is 2. The van der Waals surface area contributed by atoms with E-state index in [-0.39, 0.29) is 11.9 Å². The maximum Gasteiger partial charge on any atom is 0.243 e. The van der Waals surface area contributed by atoms with Gasteiger partial charge in [0.1, 0.15) is 6.04 Å². The van der Waals surface area contributed by atoms with E-state index in [9.17, 15) is 4.79 Å². The highest BCUT2D eigenvalue weighted by Crippen LogP contribution is 2.19. The van der Waals surface area contributed by atoms with Gasteiger partial charge in [0.05, 0.1) is 0 Å². The molecule has 0 saturated carbocycles. The van der Waals surface area contributed by atoms with Crippen LogP contribution in [0.4, 0.5) is 0 Å². The standard InChI is InChI=1S/C20H25N3O/c1-15(2)13-19(23-11-5-6-12-23)20(24)21-10-9-16-14-22-18-8-4-3-7-17(16)18/h3-8,11-12,14-15,19,22H,9-10,13H2,1-2H3,(H,21,24). The Balaban J connectivity index is 1.61. The summed E-state index contributed by atoms with van der Waals surface area (Å²) in [4.78, 5) is 15.9. The van der Waals surface area contributed by atoms with E-state index in [4.69, 9.17) is 0 Å². The van der Waals surface area contributed by atoms with Crippen molar-refractivity contribution >= 4 is 16.8 Å². The molecule has 0 radical (unpaired) electrons. The first kappa shape index (κ1) is 16.4. The van der Waals surface area contributed by atoms with E-state index in [1.807, 2.05) is 47.4 Å². The number of nitrogens with one attached hydrogen (secondary N) is 2. The molecule has 4 heteroatoms. The van der Waals surface area contributed by atoms with Crippen molar-refractivity contribution in [2.45, 2.75) is 32.7 Å². The molecule has 1 aromatic carbocycles. The molecule has 1 unspecified atom stereocenters. The van der Waals surface area contributed by atoms with Crippen molar-refractivity contribution in [1.82, 2.24) is 14.9 Å². The number of hydrogen-bond acceptors (Lipinski definition) is 1. The van der Waals surface area contributed by atoms with Gasteiger partial charge >= 0.3 is 0 Å². The zero-order valence-electron chi connectivity index (χ0n) is 14.3. The van der Waals surface area contributed by atoms with Gasteiger partial charge in [-0.1, -0.05) is 32.0 Å². The zero-order chi connectivity index (χ0) is 16.9. The second kappa shape index (κ2) is 7.39. The molecule has 2 aromatic heterocycles. The van der Waals surface area contributed by atoms with Crippen LogP contribution in [0.25, 0.3) is 10.9 Å². The van der Waals surface area contributed by atoms with E-state index in [1.54, 1.807) is 0 Å². The second-order valence-corrected chi connectivity index (χ2v) is 6.68. The maximum atomic E-state index is 12.6. The van der Waals surface area contributed by atoms with Crippen molar-refractivity contribution in [2.24, 2.45) is 5.92 Å². The molecule has 24 heavy (non-hydrogen) atoms. The molecule has 3 aromatic rings. The molecule has 3 rings (SSSR count). The fourth-order valence-electron chi connectivity index (χ4n) is 3.14. The van der Waals surface area contributed by atoms with E-state index < -0.39 is 0 Å². The second-order valence-electron chi connectivity index (χ2n) is 6.68. The molecule has 0 aliphatic rings. The summed E-state index contributed by atoms with van der Waals surface area (Å²) in [6.07, 6.45) is 7.64. The maximum absolute atomic E-state index is 12.6. The number of carbonyl (C=O) groups excluding carboxylic acids is 1. The normalized spacial score (nSPS) is 12.6. The van der Waals surface area contributed by atoms with Crippen LogP contribution >= 0.6 is 0 Å². The van der Waals surface area contributed by atoms with Crippen molar-refractivity contribution in [1.29, 1.82) is 0 Å². The molecule has 0 saturated heterocycles. The van der Waals surface area contributed by atoms with E-state index in [1.165, 1.54) is 10.9 Å². The first-order valence-corrected chi connectivity index (χ1v) is 8.60. The van der Waals surface area contributed by atoms with Crippen molar-refractivity contribution in [3.63, 3.8) is 0 Å². The Morgan fingerprint density at radius 2 is 1.92 bits per heavy atom. The highest BCUT2D eigenvalue weighted by Gasteiger charge is 2.20. The highest BCUT2D eigenvalue weighted by atomic mass is 16.2. The van der Waals surface area contributed by atoms with Crippen LogP contribution in [0.1, 0.15) is 31.9 Å². The lowest BCUT2D eigenvalue weighted by atomic mass is 10.0. The average molecular weight is 323 g/mol. The number of rotatable bonds is 7. The minimum Gasteiger partial charge on any atom is -0.361 e. The lowest BCUT2D eigenvalue weighted by molar-refractivity contribution is -0.124. The summed E-state index contributed by atoms with van der Waals surface area (Å²) in [5, 5.41) is 4.34. The van der Waals surface area contributed by atoms with Gasteiger partial charge in [0.25, 0.3) is 0 Å². The number of nitrogens with zero attached hydrogens (tertiary/aromatic N) is 1. The Labute approximate surface area is 142 Å². The highest BCUT2D eigenvalue weighted by molar-refractivity contribution is 5.83. The predicted molar refractivity (Wildman–Crippen MR) is 97.9 cm³/mol. The van der Waals surface area contributed by atoms with Crippen molar-refractivity contribution in [2.75, 3.05) is 6.54 Å². The molecule has 0 bridgehead atoms. The van der Waals surface area contributed by atoms with E-state index in [2.05, 4.69) is 36.3 Å². The fraction of sp³-hybridized carbons (Fsp3) is 0.350. The molecule has 1 amide bonds. The van der Waals surface area contributed by atoms with Crippen LogP contribution in [0.15, 0.2) is 55.0 Å². The van der Waals surface area contributed by atoms with Crippen LogP contribution in [-0.2, 0) is 11.2 Å². The molecule has 2 N–H and O–H groups in total. The predicted octanol–water partition coefficient (Wildman–Crippen LogP) is 3.92. The third-order valence-electron chi connectivity index (χ3n) is 4.35. The fourth-order valence-corrected chi connectivity index (χ4v) is 3.14. The summed E-state index contributed by atoms with van der Waals surface area (Å²) in [5.41, 5.74) is 2.39. The Kier molecular flexibility index (Phi) is 5.04. The first-order chi connectivity index (χ1) is 11.6. The van der Waals surface area contributed by atoms with E-state index >= 15 is 0 Å². The summed E-state index contributed by atoms with van der Waals surface area (Å²) >= 11 is 0. The van der Waals surface area contributed by atoms with Gasteiger partial charge in [-0.25, -0.2) is 0 Å². The Bertz CT molecular complexity index is 786. The van der Waals surface area contributed by atoms with Gasteiger partial charge in [-0.3, -0.25) is 4.79 Å². The third kappa shape index (κ3) is 3.70. The van der Waals surface area contributed by atoms with Crippen molar-refractivity contribution in [3.8, 4) is 0 Å². The third-order valence-corrected chi connectivity index (χ3v) is 4.35. The van der Waals surface area contributed by atoms with Gasteiger partial charge in [0.2, 0.25) is 5.91 Å². The lowest BCUT2D eigenvalue weighted by Crippen LogP contribution is -2.34. The Morgan fingerprint density at radius 1 is 1.17 bits per heavy atom. The monoisotopic (exact) mass is 323 g/mol. The van der Waals surface area contributed by atoms with Gasteiger partial charge in [-0.2, -0.15) is 0 Å². The molecule has 0 fully saturated rings. The summed E-state index contributed by atoms with van der Waals surface area (Å²) in [7, 11) is 0. The smallest absolute Gasteiger partial charge is 0.243 e. The number of amides is 1. The molecule has 0 aliphatic heterocycles. The topological polar surface area (TPSA) is 49.8 Å². The van der Waals surface area contributed by atoms with E-state index in [0.29, 0.717) is 12.5 Å². The number of carbonyl (C=O) groups is 1. The number of H-pyrrole nitrogens is 1. The van der Waals surface area contributed by atoms with Crippen molar-refractivity contribution in [3.05, 3.63) is 60.6 Å². The molecular formula is C20H25N3O. The molecular weight excluding hydrogens is 298 g/mol. The van der Waals surface area contributed by atoms with Gasteiger partial charge in [-0.05, 0) is 42.5 Å². The number of benzene rings is 1. The number of para-hydroxylation sites is 1. The number of hydrogen-bond donors (Lipinski definition) is 2. The molecule has 126 valence electrons. The van der Waals surface area contributed by atoms with Crippen LogP contribution < -0.4 is 5.32 Å². The molecule has 4 nitrogen and oxygen atoms in total. The molecule has 0 spiro atoms. The summed E-state index contributed by atoms with van der Waals surface area (Å²) < 4.78 is 2.00. The van der Waals surface area contributed by atoms with Crippen LogP contribution in [0.5, 0.6) is 0 Å². The quantitative estimate of drug-likeness (QED) is 0.680. The molecule has 2 heterocycles. The van der Waals surface area contributed by atoms with Crippen LogP contribution in [0, 0.1) is 5.92 Å². The largest absolute Gasteiger partial charge is 0.361 e. The summed E-state index contributed by atoms with van der Waals surface area (Å²) in [6, 6.07) is 12.1. The summed E-state index contributed by atoms with van der Waals surface area (Å²) in [6.45, 7) is 4.95. The number of aromatic amines is 1. The minimum absolute atomic E-state index is 0.0970. The van der Waals surface area contributed by atoms with Gasteiger partial charge in [0, 0.05) is 36.0 Å². The zero-order valence-corrected chi connectivity index (χ0v) is 14.3. The molecule has 0 aliphatic carbocycles. The first-order valence-electron chi connectivity index (χ1n) is 8.60. The number of fused-ring (bicyclic) bond motifs is 1. The molecule has 1 atom stereocenters. The summed E-state index contributed by atoms with van der Waals surface area (Å²) in [5.74, 6) is 0.566. The average Bonchev–Trinajstić information content (AvgIpc) is 3.22. The van der Waals surface area contributed by atoms with Crippen LogP contribution in [0.3, 0.4) is 0 Å². The SMILES string of the molecule is CC(C)CC(C(=O)NCCc1c[nH]c2ccccc12)n1cccc1. The Morgan fingerprint density at radius 3 is 2.67 bits per heavy atom.